The summed E-state index contributed by atoms with van der Waals surface area (Å²) in [5.41, 5.74) is -0.00636. The number of amides is 1. The Hall–Kier alpha value is -3.50. The Kier molecular flexibility index (Phi) is 5.03. The number of hydrogen-bond acceptors (Lipinski definition) is 6. The summed E-state index contributed by atoms with van der Waals surface area (Å²) in [4.78, 5) is 21.0. The second-order valence-corrected chi connectivity index (χ2v) is 7.83. The lowest BCUT2D eigenvalue weighted by molar-refractivity contribution is -0.174. The fraction of sp³-hybridized carbons (Fsp3) is 0.381. The number of aromatic nitrogens is 3. The summed E-state index contributed by atoms with van der Waals surface area (Å²) in [5, 5.41) is 7.08. The van der Waals surface area contributed by atoms with Crippen molar-refractivity contribution in [2.45, 2.75) is 24.7 Å². The molecule has 2 aliphatic heterocycles. The van der Waals surface area contributed by atoms with Crippen molar-refractivity contribution in [1.29, 1.82) is 0 Å². The number of nitrogens with zero attached hydrogens (tertiary/aromatic N) is 5. The Morgan fingerprint density at radius 1 is 1.12 bits per heavy atom. The van der Waals surface area contributed by atoms with Crippen molar-refractivity contribution >= 4 is 17.5 Å². The Labute approximate surface area is 181 Å². The van der Waals surface area contributed by atoms with Crippen LogP contribution in [0.4, 0.5) is 24.8 Å². The number of nitrogens with one attached hydrogen (secondary N) is 1. The molecule has 3 aromatic heterocycles. The first-order valence-electron chi connectivity index (χ1n) is 10.3. The topological polar surface area (TPSA) is 79.4 Å². The second kappa shape index (κ2) is 7.88. The van der Waals surface area contributed by atoms with Crippen molar-refractivity contribution in [2.24, 2.45) is 0 Å². The number of alkyl halides is 3. The molecule has 0 spiro atoms. The standard InChI is InChI=1S/C21H21F3N6O2/c22-21(23,24)17-12-14(16-4-3-11-32-16)26-19-13-15(27-30(17)19)20(31)29-9-7-28(8-10-29)18-5-1-2-6-25-18/h1-6,11,13-14,17,26H,7-10,12H2/t14-,17-/m0/s1. The smallest absolute Gasteiger partial charge is 0.410 e. The molecule has 0 unspecified atom stereocenters. The van der Waals surface area contributed by atoms with Gasteiger partial charge in [0.2, 0.25) is 0 Å². The first-order chi connectivity index (χ1) is 15.4. The van der Waals surface area contributed by atoms with Crippen LogP contribution in [0.5, 0.6) is 0 Å². The van der Waals surface area contributed by atoms with Crippen LogP contribution in [0.15, 0.2) is 53.3 Å². The van der Waals surface area contributed by atoms with Crippen molar-refractivity contribution in [3.63, 3.8) is 0 Å². The van der Waals surface area contributed by atoms with E-state index in [9.17, 15) is 18.0 Å². The van der Waals surface area contributed by atoms with E-state index in [-0.39, 0.29) is 23.8 Å². The third kappa shape index (κ3) is 3.78. The Morgan fingerprint density at radius 3 is 2.59 bits per heavy atom. The van der Waals surface area contributed by atoms with Crippen LogP contribution in [-0.4, -0.2) is 57.9 Å². The van der Waals surface area contributed by atoms with Gasteiger partial charge in [-0.1, -0.05) is 6.07 Å². The molecule has 5 rings (SSSR count). The minimum Gasteiger partial charge on any atom is -0.467 e. The molecule has 0 radical (unpaired) electrons. The molecule has 32 heavy (non-hydrogen) atoms. The summed E-state index contributed by atoms with van der Waals surface area (Å²) < 4.78 is 47.5. The quantitative estimate of drug-likeness (QED) is 0.664. The molecule has 5 heterocycles. The first-order valence-corrected chi connectivity index (χ1v) is 10.3. The maximum atomic E-state index is 13.8. The van der Waals surface area contributed by atoms with Crippen molar-refractivity contribution in [2.75, 3.05) is 36.4 Å². The molecule has 2 atom stereocenters. The number of halogens is 3. The predicted molar refractivity (Wildman–Crippen MR) is 109 cm³/mol. The van der Waals surface area contributed by atoms with Gasteiger partial charge in [-0.15, -0.1) is 0 Å². The monoisotopic (exact) mass is 446 g/mol. The van der Waals surface area contributed by atoms with Gasteiger partial charge in [0.05, 0.1) is 12.3 Å². The van der Waals surface area contributed by atoms with E-state index in [0.717, 1.165) is 10.5 Å². The minimum absolute atomic E-state index is 0.00636. The van der Waals surface area contributed by atoms with Gasteiger partial charge in [-0.3, -0.25) is 4.79 Å². The molecule has 3 aromatic rings. The van der Waals surface area contributed by atoms with Crippen LogP contribution < -0.4 is 10.2 Å². The van der Waals surface area contributed by atoms with Gasteiger partial charge < -0.3 is 19.5 Å². The maximum Gasteiger partial charge on any atom is 0.410 e. The zero-order chi connectivity index (χ0) is 22.3. The van der Waals surface area contributed by atoms with Crippen molar-refractivity contribution in [3.8, 4) is 0 Å². The normalized spacial score (nSPS) is 21.2. The largest absolute Gasteiger partial charge is 0.467 e. The molecule has 1 amide bonds. The number of carbonyl (C=O) groups is 1. The van der Waals surface area contributed by atoms with Crippen molar-refractivity contribution in [3.05, 3.63) is 60.3 Å². The molecule has 11 heteroatoms. The van der Waals surface area contributed by atoms with Gasteiger partial charge in [0, 0.05) is 44.9 Å². The molecule has 2 aliphatic rings. The average Bonchev–Trinajstić information content (AvgIpc) is 3.48. The van der Waals surface area contributed by atoms with Crippen LogP contribution in [0.1, 0.15) is 34.8 Å². The SMILES string of the molecule is O=C(c1cc2n(n1)[C@H](C(F)(F)F)C[C@@H](c1ccco1)N2)N1CCN(c2ccccn2)CC1. The predicted octanol–water partition coefficient (Wildman–Crippen LogP) is 3.49. The fourth-order valence-corrected chi connectivity index (χ4v) is 4.20. The molecule has 1 fully saturated rings. The van der Waals surface area contributed by atoms with Gasteiger partial charge in [0.25, 0.3) is 5.91 Å². The molecular weight excluding hydrogens is 425 g/mol. The summed E-state index contributed by atoms with van der Waals surface area (Å²) in [7, 11) is 0. The lowest BCUT2D eigenvalue weighted by Crippen LogP contribution is -2.49. The van der Waals surface area contributed by atoms with Gasteiger partial charge in [-0.25, -0.2) is 9.67 Å². The number of furan rings is 1. The van der Waals surface area contributed by atoms with Crippen molar-refractivity contribution < 1.29 is 22.4 Å². The van der Waals surface area contributed by atoms with E-state index in [0.29, 0.717) is 31.9 Å². The average molecular weight is 446 g/mol. The number of carbonyl (C=O) groups excluding carboxylic acids is 1. The summed E-state index contributed by atoms with van der Waals surface area (Å²) in [6, 6.07) is 7.77. The highest BCUT2D eigenvalue weighted by Gasteiger charge is 2.47. The molecule has 0 aliphatic carbocycles. The zero-order valence-electron chi connectivity index (χ0n) is 17.0. The molecule has 0 bridgehead atoms. The van der Waals surface area contributed by atoms with Crippen LogP contribution in [0, 0.1) is 0 Å². The van der Waals surface area contributed by atoms with E-state index in [1.54, 1.807) is 23.2 Å². The summed E-state index contributed by atoms with van der Waals surface area (Å²) in [5.74, 6) is 1.00. The number of hydrogen-bond donors (Lipinski definition) is 1. The van der Waals surface area contributed by atoms with Crippen LogP contribution in [0.25, 0.3) is 0 Å². The zero-order valence-corrected chi connectivity index (χ0v) is 17.0. The second-order valence-electron chi connectivity index (χ2n) is 7.83. The molecule has 1 N–H and O–H groups in total. The molecule has 168 valence electrons. The van der Waals surface area contributed by atoms with Gasteiger partial charge in [0.1, 0.15) is 17.4 Å². The van der Waals surface area contributed by atoms with Crippen LogP contribution in [0.2, 0.25) is 0 Å². The Bertz CT molecular complexity index is 1070. The van der Waals surface area contributed by atoms with Gasteiger partial charge in [0.15, 0.2) is 11.7 Å². The highest BCUT2D eigenvalue weighted by atomic mass is 19.4. The molecular formula is C21H21F3N6O2. The van der Waals surface area contributed by atoms with Crippen LogP contribution >= 0.6 is 0 Å². The van der Waals surface area contributed by atoms with Crippen molar-refractivity contribution in [1.82, 2.24) is 19.7 Å². The van der Waals surface area contributed by atoms with E-state index in [2.05, 4.69) is 20.3 Å². The van der Waals surface area contributed by atoms with E-state index in [1.807, 2.05) is 18.2 Å². The van der Waals surface area contributed by atoms with Crippen LogP contribution in [-0.2, 0) is 0 Å². The molecule has 1 saturated heterocycles. The Balaban J connectivity index is 1.34. The highest BCUT2D eigenvalue weighted by molar-refractivity contribution is 5.93. The molecule has 8 nitrogen and oxygen atoms in total. The molecule has 0 saturated carbocycles. The fourth-order valence-electron chi connectivity index (χ4n) is 4.20. The van der Waals surface area contributed by atoms with Gasteiger partial charge in [-0.2, -0.15) is 18.3 Å². The minimum atomic E-state index is -4.51. The van der Waals surface area contributed by atoms with E-state index >= 15 is 0 Å². The number of anilines is 2. The lowest BCUT2D eigenvalue weighted by Gasteiger charge is -2.35. The molecule has 0 aromatic carbocycles. The van der Waals surface area contributed by atoms with Gasteiger partial charge in [-0.05, 0) is 24.3 Å². The Morgan fingerprint density at radius 2 is 1.94 bits per heavy atom. The third-order valence-electron chi connectivity index (χ3n) is 5.84. The maximum absolute atomic E-state index is 13.8. The summed E-state index contributed by atoms with van der Waals surface area (Å²) in [6.07, 6.45) is -1.65. The number of rotatable bonds is 3. The number of piperazine rings is 1. The van der Waals surface area contributed by atoms with Crippen LogP contribution in [0.3, 0.4) is 0 Å². The first kappa shape index (κ1) is 20.4. The van der Waals surface area contributed by atoms with E-state index < -0.39 is 18.3 Å². The highest BCUT2D eigenvalue weighted by Crippen LogP contribution is 2.43. The summed E-state index contributed by atoms with van der Waals surface area (Å²) >= 11 is 0. The number of pyridine rings is 1. The van der Waals surface area contributed by atoms with E-state index in [1.165, 1.54) is 12.3 Å². The van der Waals surface area contributed by atoms with E-state index in [4.69, 9.17) is 4.42 Å². The third-order valence-corrected chi connectivity index (χ3v) is 5.84. The number of fused-ring (bicyclic) bond motifs is 1. The summed E-state index contributed by atoms with van der Waals surface area (Å²) in [6.45, 7) is 2.03. The van der Waals surface area contributed by atoms with Gasteiger partial charge >= 0.3 is 6.18 Å². The lowest BCUT2D eigenvalue weighted by atomic mass is 10.0.